The molecule has 1 aliphatic rings. The van der Waals surface area contributed by atoms with Gasteiger partial charge in [-0.3, -0.25) is 4.98 Å². The van der Waals surface area contributed by atoms with E-state index in [0.29, 0.717) is 18.9 Å². The SMILES string of the molecule is OC1(c2ccc(-c3cncnc3)cn2)CCC(Nc2cc[nH]c2)CC1. The molecule has 0 unspecified atom stereocenters. The number of anilines is 1. The highest BCUT2D eigenvalue weighted by atomic mass is 16.3. The van der Waals surface area contributed by atoms with Crippen molar-refractivity contribution in [2.75, 3.05) is 5.32 Å². The lowest BCUT2D eigenvalue weighted by Crippen LogP contribution is -2.36. The zero-order valence-corrected chi connectivity index (χ0v) is 13.9. The molecule has 3 N–H and O–H groups in total. The van der Waals surface area contributed by atoms with Gasteiger partial charge < -0.3 is 15.4 Å². The molecular weight excluding hydrogens is 314 g/mol. The van der Waals surface area contributed by atoms with E-state index in [2.05, 4.69) is 25.3 Å². The number of aliphatic hydroxyl groups is 1. The van der Waals surface area contributed by atoms with Crippen molar-refractivity contribution < 1.29 is 5.11 Å². The number of aromatic nitrogens is 4. The number of pyridine rings is 1. The van der Waals surface area contributed by atoms with Gasteiger partial charge in [-0.25, -0.2) is 9.97 Å². The molecule has 25 heavy (non-hydrogen) atoms. The second-order valence-corrected chi connectivity index (χ2v) is 6.61. The maximum Gasteiger partial charge on any atom is 0.115 e. The number of nitrogens with zero attached hydrogens (tertiary/aromatic N) is 3. The van der Waals surface area contributed by atoms with E-state index in [1.54, 1.807) is 18.6 Å². The molecule has 1 aliphatic carbocycles. The maximum absolute atomic E-state index is 11.0. The third kappa shape index (κ3) is 3.39. The summed E-state index contributed by atoms with van der Waals surface area (Å²) in [5, 5.41) is 14.5. The molecule has 6 heteroatoms. The van der Waals surface area contributed by atoms with E-state index in [0.717, 1.165) is 35.3 Å². The Morgan fingerprint density at radius 1 is 1.04 bits per heavy atom. The lowest BCUT2D eigenvalue weighted by molar-refractivity contribution is -0.00723. The van der Waals surface area contributed by atoms with Crippen molar-refractivity contribution in [3.63, 3.8) is 0 Å². The normalized spacial score (nSPS) is 23.3. The molecule has 0 atom stereocenters. The Balaban J connectivity index is 1.43. The van der Waals surface area contributed by atoms with E-state index >= 15 is 0 Å². The Bertz CT molecular complexity index is 794. The summed E-state index contributed by atoms with van der Waals surface area (Å²) < 4.78 is 0. The minimum Gasteiger partial charge on any atom is -0.384 e. The molecule has 3 aromatic heterocycles. The Hall–Kier alpha value is -2.73. The zero-order valence-electron chi connectivity index (χ0n) is 13.9. The standard InChI is InChI=1S/C19H21N5O/c25-19(6-3-16(4-7-19)24-17-5-8-20-12-17)18-2-1-14(11-23-18)15-9-21-13-22-10-15/h1-2,5,8-13,16,20,24-25H,3-4,6-7H2. The minimum atomic E-state index is -0.845. The molecule has 0 aliphatic heterocycles. The molecule has 6 nitrogen and oxygen atoms in total. The summed E-state index contributed by atoms with van der Waals surface area (Å²) in [4.78, 5) is 15.6. The van der Waals surface area contributed by atoms with Crippen molar-refractivity contribution in [3.8, 4) is 11.1 Å². The van der Waals surface area contributed by atoms with Crippen LogP contribution in [0.1, 0.15) is 31.4 Å². The Morgan fingerprint density at radius 3 is 2.48 bits per heavy atom. The summed E-state index contributed by atoms with van der Waals surface area (Å²) in [5.41, 5.74) is 2.88. The highest BCUT2D eigenvalue weighted by molar-refractivity contribution is 5.60. The molecule has 0 aromatic carbocycles. The summed E-state index contributed by atoms with van der Waals surface area (Å²) in [5.74, 6) is 0. The first-order valence-corrected chi connectivity index (χ1v) is 8.57. The average Bonchev–Trinajstić information content (AvgIpc) is 3.18. The summed E-state index contributed by atoms with van der Waals surface area (Å²) in [6, 6.07) is 6.30. The van der Waals surface area contributed by atoms with Gasteiger partial charge in [0.25, 0.3) is 0 Å². The van der Waals surface area contributed by atoms with E-state index in [4.69, 9.17) is 0 Å². The maximum atomic E-state index is 11.0. The molecule has 1 saturated carbocycles. The number of H-pyrrole nitrogens is 1. The van der Waals surface area contributed by atoms with Crippen molar-refractivity contribution in [2.24, 2.45) is 0 Å². The lowest BCUT2D eigenvalue weighted by Gasteiger charge is -2.36. The van der Waals surface area contributed by atoms with Crippen molar-refractivity contribution in [1.29, 1.82) is 0 Å². The van der Waals surface area contributed by atoms with Crippen molar-refractivity contribution in [3.05, 3.63) is 61.2 Å². The van der Waals surface area contributed by atoms with Gasteiger partial charge in [-0.1, -0.05) is 6.07 Å². The molecule has 3 heterocycles. The van der Waals surface area contributed by atoms with Gasteiger partial charge in [0.15, 0.2) is 0 Å². The van der Waals surface area contributed by atoms with Crippen LogP contribution in [0.5, 0.6) is 0 Å². The topological polar surface area (TPSA) is 86.7 Å². The quantitative estimate of drug-likeness (QED) is 0.682. The van der Waals surface area contributed by atoms with Crippen molar-refractivity contribution >= 4 is 5.69 Å². The van der Waals surface area contributed by atoms with Crippen molar-refractivity contribution in [1.82, 2.24) is 19.9 Å². The summed E-state index contributed by atoms with van der Waals surface area (Å²) in [7, 11) is 0. The van der Waals surface area contributed by atoms with Crippen LogP contribution >= 0.6 is 0 Å². The van der Waals surface area contributed by atoms with Gasteiger partial charge >= 0.3 is 0 Å². The first-order chi connectivity index (χ1) is 12.2. The Kier molecular flexibility index (Phi) is 4.19. The first kappa shape index (κ1) is 15.8. The zero-order chi connectivity index (χ0) is 17.1. The minimum absolute atomic E-state index is 0.386. The highest BCUT2D eigenvalue weighted by Gasteiger charge is 2.36. The molecule has 0 spiro atoms. The predicted molar refractivity (Wildman–Crippen MR) is 95.8 cm³/mol. The third-order valence-electron chi connectivity index (χ3n) is 4.92. The fraction of sp³-hybridized carbons (Fsp3) is 0.316. The largest absolute Gasteiger partial charge is 0.384 e. The number of hydrogen-bond donors (Lipinski definition) is 3. The van der Waals surface area contributed by atoms with Crippen molar-refractivity contribution in [2.45, 2.75) is 37.3 Å². The van der Waals surface area contributed by atoms with E-state index in [1.807, 2.05) is 30.6 Å². The fourth-order valence-corrected chi connectivity index (χ4v) is 3.43. The van der Waals surface area contributed by atoms with E-state index in [9.17, 15) is 5.11 Å². The van der Waals surface area contributed by atoms with Gasteiger partial charge in [0, 0.05) is 48.2 Å². The molecule has 4 rings (SSSR count). The predicted octanol–water partition coefficient (Wildman–Crippen LogP) is 3.11. The molecule has 3 aromatic rings. The molecule has 0 radical (unpaired) electrons. The average molecular weight is 335 g/mol. The fourth-order valence-electron chi connectivity index (χ4n) is 3.43. The van der Waals surface area contributed by atoms with Crippen LogP contribution in [0.2, 0.25) is 0 Å². The number of aromatic amines is 1. The molecular formula is C19H21N5O. The van der Waals surface area contributed by atoms with Crippen LogP contribution in [0.15, 0.2) is 55.5 Å². The van der Waals surface area contributed by atoms with Gasteiger partial charge in [0.1, 0.15) is 11.9 Å². The monoisotopic (exact) mass is 335 g/mol. The van der Waals surface area contributed by atoms with Gasteiger partial charge in [0.05, 0.1) is 11.4 Å². The molecule has 0 bridgehead atoms. The van der Waals surface area contributed by atoms with E-state index < -0.39 is 5.60 Å². The van der Waals surface area contributed by atoms with Gasteiger partial charge in [-0.15, -0.1) is 0 Å². The second-order valence-electron chi connectivity index (χ2n) is 6.61. The molecule has 0 amide bonds. The number of nitrogens with one attached hydrogen (secondary N) is 2. The smallest absolute Gasteiger partial charge is 0.115 e. The van der Waals surface area contributed by atoms with Crippen LogP contribution in [0.25, 0.3) is 11.1 Å². The van der Waals surface area contributed by atoms with Crippen LogP contribution in [-0.4, -0.2) is 31.1 Å². The molecule has 1 fully saturated rings. The lowest BCUT2D eigenvalue weighted by atomic mass is 9.79. The first-order valence-electron chi connectivity index (χ1n) is 8.57. The molecule has 128 valence electrons. The van der Waals surface area contributed by atoms with Gasteiger partial charge in [-0.05, 0) is 37.8 Å². The van der Waals surface area contributed by atoms with E-state index in [1.165, 1.54) is 6.33 Å². The summed E-state index contributed by atoms with van der Waals surface area (Å²) in [6.07, 6.45) is 13.9. The highest BCUT2D eigenvalue weighted by Crippen LogP contribution is 2.37. The van der Waals surface area contributed by atoms with E-state index in [-0.39, 0.29) is 0 Å². The number of hydrogen-bond acceptors (Lipinski definition) is 5. The van der Waals surface area contributed by atoms with Crippen LogP contribution < -0.4 is 5.32 Å². The van der Waals surface area contributed by atoms with Crippen LogP contribution in [0, 0.1) is 0 Å². The summed E-state index contributed by atoms with van der Waals surface area (Å²) in [6.45, 7) is 0. The van der Waals surface area contributed by atoms with Gasteiger partial charge in [0.2, 0.25) is 0 Å². The van der Waals surface area contributed by atoms with Crippen LogP contribution in [0.4, 0.5) is 5.69 Å². The Morgan fingerprint density at radius 2 is 1.84 bits per heavy atom. The molecule has 0 saturated heterocycles. The second kappa shape index (κ2) is 6.64. The number of rotatable bonds is 4. The van der Waals surface area contributed by atoms with Crippen LogP contribution in [0.3, 0.4) is 0 Å². The third-order valence-corrected chi connectivity index (χ3v) is 4.92. The Labute approximate surface area is 146 Å². The van der Waals surface area contributed by atoms with Crippen LogP contribution in [-0.2, 0) is 5.60 Å². The summed E-state index contributed by atoms with van der Waals surface area (Å²) >= 11 is 0. The van der Waals surface area contributed by atoms with Gasteiger partial charge in [-0.2, -0.15) is 0 Å².